The Balaban J connectivity index is 2.51. The summed E-state index contributed by atoms with van der Waals surface area (Å²) in [4.78, 5) is 0. The van der Waals surface area contributed by atoms with Crippen LogP contribution in [0.3, 0.4) is 0 Å². The van der Waals surface area contributed by atoms with Crippen molar-refractivity contribution in [1.82, 2.24) is 0 Å². The highest BCUT2D eigenvalue weighted by Crippen LogP contribution is 2.23. The van der Waals surface area contributed by atoms with Crippen LogP contribution in [0, 0.1) is 12.3 Å². The number of hydrogen-bond acceptors (Lipinski definition) is 1. The van der Waals surface area contributed by atoms with E-state index in [1.165, 1.54) is 5.56 Å². The Morgan fingerprint density at radius 1 is 1.13 bits per heavy atom. The number of rotatable bonds is 3. The number of hydrogen-bond donors (Lipinski definition) is 0. The van der Waals surface area contributed by atoms with E-state index in [1.54, 1.807) is 0 Å². The Hall–Kier alpha value is -0.980. The van der Waals surface area contributed by atoms with Crippen molar-refractivity contribution in [2.24, 2.45) is 5.41 Å². The lowest BCUT2D eigenvalue weighted by molar-refractivity contribution is 0.160. The third-order valence-corrected chi connectivity index (χ3v) is 2.26. The van der Waals surface area contributed by atoms with Gasteiger partial charge in [-0.2, -0.15) is 0 Å². The topological polar surface area (TPSA) is 9.23 Å². The van der Waals surface area contributed by atoms with Gasteiger partial charge >= 0.3 is 0 Å². The highest BCUT2D eigenvalue weighted by Gasteiger charge is 2.16. The van der Waals surface area contributed by atoms with E-state index in [0.29, 0.717) is 5.41 Å². The zero-order chi connectivity index (χ0) is 11.5. The van der Waals surface area contributed by atoms with Crippen LogP contribution in [0.1, 0.15) is 39.7 Å². The molecule has 0 aromatic heterocycles. The molecule has 0 radical (unpaired) electrons. The molecule has 0 bridgehead atoms. The lowest BCUT2D eigenvalue weighted by atomic mass is 9.90. The monoisotopic (exact) mass is 206 g/mol. The number of aryl methyl sites for hydroxylation is 1. The van der Waals surface area contributed by atoms with Gasteiger partial charge in [0.15, 0.2) is 0 Å². The van der Waals surface area contributed by atoms with E-state index in [4.69, 9.17) is 4.74 Å². The SMILES string of the molecule is Cc1ccc(OC(C)CC(C)(C)C)cc1. The van der Waals surface area contributed by atoms with Crippen molar-refractivity contribution in [3.05, 3.63) is 29.8 Å². The molecule has 0 fully saturated rings. The Morgan fingerprint density at radius 3 is 2.13 bits per heavy atom. The molecule has 1 atom stereocenters. The molecule has 0 saturated heterocycles. The maximum absolute atomic E-state index is 5.85. The summed E-state index contributed by atoms with van der Waals surface area (Å²) in [5.41, 5.74) is 1.59. The Morgan fingerprint density at radius 2 is 1.67 bits per heavy atom. The second-order valence-electron chi connectivity index (χ2n) is 5.51. The van der Waals surface area contributed by atoms with Gasteiger partial charge in [0, 0.05) is 0 Å². The number of ether oxygens (including phenoxy) is 1. The van der Waals surface area contributed by atoms with Gasteiger partial charge in [0.25, 0.3) is 0 Å². The van der Waals surface area contributed by atoms with E-state index in [0.717, 1.165) is 12.2 Å². The normalized spacial score (nSPS) is 13.7. The van der Waals surface area contributed by atoms with Crippen molar-refractivity contribution >= 4 is 0 Å². The zero-order valence-corrected chi connectivity index (χ0v) is 10.5. The van der Waals surface area contributed by atoms with Crippen LogP contribution in [0.5, 0.6) is 5.75 Å². The van der Waals surface area contributed by atoms with Crippen molar-refractivity contribution in [2.45, 2.75) is 47.1 Å². The van der Waals surface area contributed by atoms with Gasteiger partial charge in [-0.1, -0.05) is 38.5 Å². The second kappa shape index (κ2) is 4.69. The average molecular weight is 206 g/mol. The molecule has 0 amide bonds. The van der Waals surface area contributed by atoms with Crippen LogP contribution < -0.4 is 4.74 Å². The van der Waals surface area contributed by atoms with E-state index in [1.807, 2.05) is 12.1 Å². The summed E-state index contributed by atoms with van der Waals surface area (Å²) in [6, 6.07) is 8.24. The molecule has 1 heteroatoms. The van der Waals surface area contributed by atoms with Gasteiger partial charge in [0.05, 0.1) is 6.10 Å². The lowest BCUT2D eigenvalue weighted by Gasteiger charge is -2.24. The summed E-state index contributed by atoms with van der Waals surface area (Å²) >= 11 is 0. The second-order valence-corrected chi connectivity index (χ2v) is 5.51. The fourth-order valence-electron chi connectivity index (χ4n) is 1.75. The van der Waals surface area contributed by atoms with E-state index in [9.17, 15) is 0 Å². The van der Waals surface area contributed by atoms with E-state index in [-0.39, 0.29) is 6.10 Å². The van der Waals surface area contributed by atoms with Gasteiger partial charge in [0.1, 0.15) is 5.75 Å². The first-order valence-electron chi connectivity index (χ1n) is 5.60. The minimum atomic E-state index is 0.271. The molecule has 0 N–H and O–H groups in total. The smallest absolute Gasteiger partial charge is 0.119 e. The summed E-state index contributed by atoms with van der Waals surface area (Å²) in [7, 11) is 0. The summed E-state index contributed by atoms with van der Waals surface area (Å²) in [6.45, 7) is 10.9. The Bertz CT molecular complexity index is 292. The van der Waals surface area contributed by atoms with Crippen LogP contribution in [-0.2, 0) is 0 Å². The largest absolute Gasteiger partial charge is 0.491 e. The van der Waals surface area contributed by atoms with Crippen molar-refractivity contribution < 1.29 is 4.74 Å². The van der Waals surface area contributed by atoms with E-state index < -0.39 is 0 Å². The molecular weight excluding hydrogens is 184 g/mol. The summed E-state index contributed by atoms with van der Waals surface area (Å²) in [5, 5.41) is 0. The molecule has 0 spiro atoms. The zero-order valence-electron chi connectivity index (χ0n) is 10.5. The van der Waals surface area contributed by atoms with Gasteiger partial charge in [-0.15, -0.1) is 0 Å². The first-order valence-corrected chi connectivity index (χ1v) is 5.60. The molecule has 1 aromatic carbocycles. The van der Waals surface area contributed by atoms with Crippen LogP contribution in [0.2, 0.25) is 0 Å². The van der Waals surface area contributed by atoms with Gasteiger partial charge in [0.2, 0.25) is 0 Å². The molecule has 0 heterocycles. The lowest BCUT2D eigenvalue weighted by Crippen LogP contribution is -2.20. The van der Waals surface area contributed by atoms with Crippen LogP contribution in [0.4, 0.5) is 0 Å². The predicted octanol–water partition coefficient (Wildman–Crippen LogP) is 4.20. The third kappa shape index (κ3) is 4.87. The maximum Gasteiger partial charge on any atom is 0.119 e. The Labute approximate surface area is 93.5 Å². The first kappa shape index (κ1) is 12.1. The first-order chi connectivity index (χ1) is 6.87. The number of benzene rings is 1. The fraction of sp³-hybridized carbons (Fsp3) is 0.571. The molecule has 1 aromatic rings. The van der Waals surface area contributed by atoms with Crippen LogP contribution in [0.15, 0.2) is 24.3 Å². The quantitative estimate of drug-likeness (QED) is 0.720. The van der Waals surface area contributed by atoms with Gasteiger partial charge in [-0.05, 0) is 37.8 Å². The van der Waals surface area contributed by atoms with Crippen LogP contribution in [-0.4, -0.2) is 6.10 Å². The van der Waals surface area contributed by atoms with Crippen LogP contribution in [0.25, 0.3) is 0 Å². The maximum atomic E-state index is 5.85. The molecule has 84 valence electrons. The molecule has 1 nitrogen and oxygen atoms in total. The highest BCUT2D eigenvalue weighted by atomic mass is 16.5. The molecule has 15 heavy (non-hydrogen) atoms. The summed E-state index contributed by atoms with van der Waals surface area (Å²) in [6.07, 6.45) is 1.34. The van der Waals surface area contributed by atoms with Gasteiger partial charge < -0.3 is 4.74 Å². The highest BCUT2D eigenvalue weighted by molar-refractivity contribution is 5.26. The van der Waals surface area contributed by atoms with Gasteiger partial charge in [-0.3, -0.25) is 0 Å². The molecular formula is C14H22O. The molecule has 0 aliphatic carbocycles. The fourth-order valence-corrected chi connectivity index (χ4v) is 1.75. The van der Waals surface area contributed by atoms with Gasteiger partial charge in [-0.25, -0.2) is 0 Å². The standard InChI is InChI=1S/C14H22O/c1-11-6-8-13(9-7-11)15-12(2)10-14(3,4)5/h6-9,12H,10H2,1-5H3. The minimum absolute atomic E-state index is 0.271. The van der Waals surface area contributed by atoms with Crippen molar-refractivity contribution in [2.75, 3.05) is 0 Å². The van der Waals surface area contributed by atoms with Crippen molar-refractivity contribution in [3.63, 3.8) is 0 Å². The van der Waals surface area contributed by atoms with Crippen molar-refractivity contribution in [1.29, 1.82) is 0 Å². The third-order valence-electron chi connectivity index (χ3n) is 2.26. The molecule has 1 unspecified atom stereocenters. The van der Waals surface area contributed by atoms with E-state index in [2.05, 4.69) is 46.8 Å². The predicted molar refractivity (Wildman–Crippen MR) is 65.3 cm³/mol. The molecule has 0 aliphatic heterocycles. The summed E-state index contributed by atoms with van der Waals surface area (Å²) in [5.74, 6) is 0.970. The molecule has 0 saturated carbocycles. The molecule has 0 aliphatic rings. The molecule has 1 rings (SSSR count). The summed E-state index contributed by atoms with van der Waals surface area (Å²) < 4.78 is 5.85. The average Bonchev–Trinajstić information content (AvgIpc) is 2.05. The van der Waals surface area contributed by atoms with Crippen molar-refractivity contribution in [3.8, 4) is 5.75 Å². The Kier molecular flexibility index (Phi) is 3.78. The van der Waals surface area contributed by atoms with E-state index >= 15 is 0 Å². The van der Waals surface area contributed by atoms with Crippen LogP contribution >= 0.6 is 0 Å². The minimum Gasteiger partial charge on any atom is -0.491 e.